The molecule has 19 heavy (non-hydrogen) atoms. The van der Waals surface area contributed by atoms with E-state index in [0.717, 1.165) is 44.7 Å². The second-order valence-electron chi connectivity index (χ2n) is 5.71. The van der Waals surface area contributed by atoms with E-state index in [2.05, 4.69) is 12.2 Å². The van der Waals surface area contributed by atoms with Crippen molar-refractivity contribution in [1.29, 1.82) is 0 Å². The highest BCUT2D eigenvalue weighted by Gasteiger charge is 2.22. The Morgan fingerprint density at radius 2 is 1.89 bits per heavy atom. The summed E-state index contributed by atoms with van der Waals surface area (Å²) < 4.78 is 10.8. The molecule has 1 saturated carbocycles. The van der Waals surface area contributed by atoms with Gasteiger partial charge in [-0.15, -0.1) is 0 Å². The maximum Gasteiger partial charge on any atom is 0.0487 e. The Labute approximate surface area is 119 Å². The summed E-state index contributed by atoms with van der Waals surface area (Å²) in [5, 5.41) is 3.75. The standard InChI is InChI=1S/C16H33NO2/c1-3-11-17-16-9-6-4-5-8-15(16)10-14-19-13-7-12-18-2/h15-17H,3-14H2,1-2H3. The summed E-state index contributed by atoms with van der Waals surface area (Å²) in [4.78, 5) is 0. The average molecular weight is 271 g/mol. The summed E-state index contributed by atoms with van der Waals surface area (Å²) in [6, 6.07) is 0.727. The average Bonchev–Trinajstić information content (AvgIpc) is 2.65. The Hall–Kier alpha value is -0.120. The lowest BCUT2D eigenvalue weighted by atomic mass is 9.91. The molecule has 0 aromatic heterocycles. The predicted octanol–water partition coefficient (Wildman–Crippen LogP) is 3.38. The van der Waals surface area contributed by atoms with Crippen molar-refractivity contribution in [3.63, 3.8) is 0 Å². The van der Waals surface area contributed by atoms with Crippen molar-refractivity contribution < 1.29 is 9.47 Å². The molecule has 114 valence electrons. The Kier molecular flexibility index (Phi) is 10.4. The third kappa shape index (κ3) is 7.91. The van der Waals surface area contributed by atoms with Crippen LogP contribution >= 0.6 is 0 Å². The van der Waals surface area contributed by atoms with Gasteiger partial charge >= 0.3 is 0 Å². The van der Waals surface area contributed by atoms with Crippen LogP contribution in [-0.4, -0.2) is 39.5 Å². The molecular formula is C16H33NO2. The molecule has 1 N–H and O–H groups in total. The normalized spacial score (nSPS) is 24.3. The lowest BCUT2D eigenvalue weighted by Crippen LogP contribution is -2.36. The first-order chi connectivity index (χ1) is 9.38. The largest absolute Gasteiger partial charge is 0.385 e. The summed E-state index contributed by atoms with van der Waals surface area (Å²) in [5.41, 5.74) is 0. The summed E-state index contributed by atoms with van der Waals surface area (Å²) >= 11 is 0. The summed E-state index contributed by atoms with van der Waals surface area (Å²) in [5.74, 6) is 0.816. The van der Waals surface area contributed by atoms with Crippen LogP contribution in [0.25, 0.3) is 0 Å². The second kappa shape index (κ2) is 11.7. The quantitative estimate of drug-likeness (QED) is 0.488. The monoisotopic (exact) mass is 271 g/mol. The molecular weight excluding hydrogens is 238 g/mol. The van der Waals surface area contributed by atoms with Gasteiger partial charge in [0.2, 0.25) is 0 Å². The Bertz CT molecular complexity index is 199. The van der Waals surface area contributed by atoms with E-state index in [1.807, 2.05) is 0 Å². The molecule has 0 amide bonds. The van der Waals surface area contributed by atoms with Crippen LogP contribution in [0.5, 0.6) is 0 Å². The minimum atomic E-state index is 0.727. The zero-order valence-electron chi connectivity index (χ0n) is 13.0. The Morgan fingerprint density at radius 3 is 2.68 bits per heavy atom. The molecule has 0 aliphatic heterocycles. The maximum absolute atomic E-state index is 5.72. The van der Waals surface area contributed by atoms with Gasteiger partial charge in [-0.05, 0) is 44.6 Å². The zero-order valence-corrected chi connectivity index (χ0v) is 13.0. The molecule has 0 saturated heterocycles. The highest BCUT2D eigenvalue weighted by Crippen LogP contribution is 2.26. The van der Waals surface area contributed by atoms with Gasteiger partial charge in [-0.2, -0.15) is 0 Å². The first kappa shape index (κ1) is 16.9. The number of hydrogen-bond donors (Lipinski definition) is 1. The van der Waals surface area contributed by atoms with E-state index < -0.39 is 0 Å². The molecule has 0 heterocycles. The van der Waals surface area contributed by atoms with Gasteiger partial charge in [-0.25, -0.2) is 0 Å². The van der Waals surface area contributed by atoms with Crippen LogP contribution in [-0.2, 0) is 9.47 Å². The van der Waals surface area contributed by atoms with Gasteiger partial charge in [-0.3, -0.25) is 0 Å². The zero-order chi connectivity index (χ0) is 13.8. The highest BCUT2D eigenvalue weighted by atomic mass is 16.5. The van der Waals surface area contributed by atoms with Crippen molar-refractivity contribution in [2.75, 3.05) is 33.5 Å². The second-order valence-corrected chi connectivity index (χ2v) is 5.71. The van der Waals surface area contributed by atoms with E-state index in [1.54, 1.807) is 7.11 Å². The molecule has 1 fully saturated rings. The van der Waals surface area contributed by atoms with Gasteiger partial charge in [0.15, 0.2) is 0 Å². The molecule has 0 spiro atoms. The lowest BCUT2D eigenvalue weighted by Gasteiger charge is -2.26. The lowest BCUT2D eigenvalue weighted by molar-refractivity contribution is 0.0889. The molecule has 2 atom stereocenters. The van der Waals surface area contributed by atoms with Gasteiger partial charge in [0, 0.05) is 33.0 Å². The molecule has 1 aliphatic rings. The van der Waals surface area contributed by atoms with Crippen molar-refractivity contribution in [3.05, 3.63) is 0 Å². The fraction of sp³-hybridized carbons (Fsp3) is 1.00. The number of methoxy groups -OCH3 is 1. The number of ether oxygens (including phenoxy) is 2. The van der Waals surface area contributed by atoms with Crippen molar-refractivity contribution in [3.8, 4) is 0 Å². The van der Waals surface area contributed by atoms with Crippen molar-refractivity contribution in [1.82, 2.24) is 5.32 Å². The van der Waals surface area contributed by atoms with Gasteiger partial charge in [0.05, 0.1) is 0 Å². The first-order valence-corrected chi connectivity index (χ1v) is 8.18. The van der Waals surface area contributed by atoms with E-state index >= 15 is 0 Å². The fourth-order valence-electron chi connectivity index (χ4n) is 2.97. The van der Waals surface area contributed by atoms with E-state index in [0.29, 0.717) is 0 Å². The van der Waals surface area contributed by atoms with Crippen molar-refractivity contribution >= 4 is 0 Å². The number of rotatable bonds is 10. The maximum atomic E-state index is 5.72. The van der Waals surface area contributed by atoms with Gasteiger partial charge < -0.3 is 14.8 Å². The predicted molar refractivity (Wildman–Crippen MR) is 80.6 cm³/mol. The van der Waals surface area contributed by atoms with Crippen LogP contribution in [0.2, 0.25) is 0 Å². The molecule has 0 radical (unpaired) electrons. The Balaban J connectivity index is 2.18. The fourth-order valence-corrected chi connectivity index (χ4v) is 2.97. The van der Waals surface area contributed by atoms with Gasteiger partial charge in [0.25, 0.3) is 0 Å². The molecule has 3 nitrogen and oxygen atoms in total. The molecule has 0 bridgehead atoms. The molecule has 3 heteroatoms. The molecule has 2 unspecified atom stereocenters. The smallest absolute Gasteiger partial charge is 0.0487 e. The van der Waals surface area contributed by atoms with E-state index in [9.17, 15) is 0 Å². The topological polar surface area (TPSA) is 30.5 Å². The minimum Gasteiger partial charge on any atom is -0.385 e. The molecule has 1 aliphatic carbocycles. The van der Waals surface area contributed by atoms with E-state index in [-0.39, 0.29) is 0 Å². The van der Waals surface area contributed by atoms with Crippen LogP contribution in [0.15, 0.2) is 0 Å². The molecule has 1 rings (SSSR count). The molecule has 0 aromatic rings. The van der Waals surface area contributed by atoms with Crippen molar-refractivity contribution in [2.45, 2.75) is 64.3 Å². The SMILES string of the molecule is CCCNC1CCCCCC1CCOCCCOC. The number of hydrogen-bond acceptors (Lipinski definition) is 3. The minimum absolute atomic E-state index is 0.727. The van der Waals surface area contributed by atoms with Gasteiger partial charge in [-0.1, -0.05) is 26.2 Å². The third-order valence-electron chi connectivity index (χ3n) is 4.09. The van der Waals surface area contributed by atoms with Crippen molar-refractivity contribution in [2.24, 2.45) is 5.92 Å². The molecule has 0 aromatic carbocycles. The number of nitrogens with one attached hydrogen (secondary N) is 1. The van der Waals surface area contributed by atoms with E-state index in [4.69, 9.17) is 9.47 Å². The highest BCUT2D eigenvalue weighted by molar-refractivity contribution is 4.79. The van der Waals surface area contributed by atoms with Crippen LogP contribution in [0.1, 0.15) is 58.3 Å². The van der Waals surface area contributed by atoms with Crippen LogP contribution in [0.3, 0.4) is 0 Å². The Morgan fingerprint density at radius 1 is 1.05 bits per heavy atom. The summed E-state index contributed by atoms with van der Waals surface area (Å²) in [7, 11) is 1.75. The van der Waals surface area contributed by atoms with Crippen LogP contribution in [0, 0.1) is 5.92 Å². The van der Waals surface area contributed by atoms with Crippen LogP contribution < -0.4 is 5.32 Å². The first-order valence-electron chi connectivity index (χ1n) is 8.18. The van der Waals surface area contributed by atoms with Gasteiger partial charge in [0.1, 0.15) is 0 Å². The van der Waals surface area contributed by atoms with Crippen LogP contribution in [0.4, 0.5) is 0 Å². The third-order valence-corrected chi connectivity index (χ3v) is 4.09. The summed E-state index contributed by atoms with van der Waals surface area (Å²) in [6.45, 7) is 5.98. The van der Waals surface area contributed by atoms with E-state index in [1.165, 1.54) is 44.9 Å². The summed E-state index contributed by atoms with van der Waals surface area (Å²) in [6.07, 6.45) is 10.4.